The Bertz CT molecular complexity index is 2050. The zero-order valence-electron chi connectivity index (χ0n) is 37.0. The van der Waals surface area contributed by atoms with Crippen molar-refractivity contribution in [2.75, 3.05) is 13.2 Å². The van der Waals surface area contributed by atoms with Gasteiger partial charge < -0.3 is 28.5 Å². The Morgan fingerprint density at radius 1 is 0.661 bits per heavy atom. The van der Waals surface area contributed by atoms with Crippen molar-refractivity contribution < 1.29 is 28.5 Å². The van der Waals surface area contributed by atoms with Gasteiger partial charge in [-0.1, -0.05) is 82.1 Å². The molecule has 0 saturated carbocycles. The maximum atomic E-state index is 12.5. The van der Waals surface area contributed by atoms with Crippen molar-refractivity contribution in [1.29, 1.82) is 0 Å². The highest BCUT2D eigenvalue weighted by atomic mass is 35.5. The van der Waals surface area contributed by atoms with E-state index in [1.54, 1.807) is 0 Å². The highest BCUT2D eigenvalue weighted by Crippen LogP contribution is 2.37. The van der Waals surface area contributed by atoms with Gasteiger partial charge in [0, 0.05) is 0 Å². The van der Waals surface area contributed by atoms with Gasteiger partial charge in [0.15, 0.2) is 29.9 Å². The lowest BCUT2D eigenvalue weighted by molar-refractivity contribution is 0.112. The largest absolute Gasteiger partial charge is 0.488 e. The minimum Gasteiger partial charge on any atom is -0.488 e. The number of aliphatic hydroxyl groups is 1. The summed E-state index contributed by atoms with van der Waals surface area (Å²) < 4.78 is 32.2. The molecule has 326 valence electrons. The van der Waals surface area contributed by atoms with Crippen molar-refractivity contribution in [1.82, 2.24) is 19.6 Å². The minimum absolute atomic E-state index is 0.000382. The summed E-state index contributed by atoms with van der Waals surface area (Å²) in [4.78, 5) is 24.8. The van der Waals surface area contributed by atoms with Crippen LogP contribution in [-0.4, -0.2) is 58.4 Å². The van der Waals surface area contributed by atoms with E-state index in [-0.39, 0.29) is 69.7 Å². The van der Waals surface area contributed by atoms with E-state index in [4.69, 9.17) is 46.6 Å². The molecule has 0 radical (unpaired) electrons. The van der Waals surface area contributed by atoms with Crippen molar-refractivity contribution in [3.8, 4) is 23.0 Å². The lowest BCUT2D eigenvalue weighted by Gasteiger charge is -2.37. The Morgan fingerprint density at radius 2 is 1.03 bits per heavy atom. The predicted octanol–water partition coefficient (Wildman–Crippen LogP) is 9.79. The molecule has 4 aromatic rings. The number of nitrogens with zero attached hydrogens (tertiary/aromatic N) is 4. The van der Waals surface area contributed by atoms with Crippen LogP contribution in [0.4, 0.5) is 0 Å². The van der Waals surface area contributed by atoms with Gasteiger partial charge in [-0.3, -0.25) is 9.59 Å². The summed E-state index contributed by atoms with van der Waals surface area (Å²) in [5.41, 5.74) is 0.168. The Kier molecular flexibility index (Phi) is 17.7. The first kappa shape index (κ1) is 49.5. The zero-order chi connectivity index (χ0) is 44.3. The van der Waals surface area contributed by atoms with Gasteiger partial charge in [-0.15, -0.1) is 0 Å². The molecule has 0 amide bonds. The van der Waals surface area contributed by atoms with Crippen LogP contribution in [0, 0.1) is 0 Å². The van der Waals surface area contributed by atoms with Crippen LogP contribution >= 0.6 is 23.2 Å². The van der Waals surface area contributed by atoms with Gasteiger partial charge in [-0.2, -0.15) is 10.2 Å². The van der Waals surface area contributed by atoms with Crippen LogP contribution in [0.5, 0.6) is 23.0 Å². The van der Waals surface area contributed by atoms with E-state index < -0.39 is 19.4 Å². The quantitative estimate of drug-likeness (QED) is 0.108. The summed E-state index contributed by atoms with van der Waals surface area (Å²) in [6, 6.07) is 15.1. The minimum atomic E-state index is -1.81. The fourth-order valence-electron chi connectivity index (χ4n) is 5.03. The van der Waals surface area contributed by atoms with Gasteiger partial charge in [0.05, 0.1) is 36.7 Å². The SMILES string of the molecule is CCC(CO)Oc1ccc(COc2cnn(C(C)(C)C)c(=O)c2Cl)cc1.CCC(CO[Si](C)(C)C(C)(C)C)Oc1ccc(COc2cnn(C(C)(C)C)c(=O)c2Cl)cc1. The smallest absolute Gasteiger partial charge is 0.289 e. The molecule has 1 N–H and O–H groups in total. The molecule has 4 rings (SSSR count). The molecular formula is C44H64Cl2N4O8Si. The van der Waals surface area contributed by atoms with Crippen LogP contribution in [0.25, 0.3) is 0 Å². The number of halogens is 2. The fraction of sp³-hybridized carbons (Fsp3) is 0.545. The fourth-order valence-corrected chi connectivity index (χ4v) is 6.43. The maximum absolute atomic E-state index is 12.5. The normalized spacial score (nSPS) is 13.2. The van der Waals surface area contributed by atoms with Crippen LogP contribution in [-0.2, 0) is 28.7 Å². The van der Waals surface area contributed by atoms with Crippen LogP contribution in [0.3, 0.4) is 0 Å². The van der Waals surface area contributed by atoms with Gasteiger partial charge in [0.1, 0.15) is 36.9 Å². The van der Waals surface area contributed by atoms with Crippen molar-refractivity contribution in [2.45, 2.75) is 144 Å². The molecule has 0 fully saturated rings. The standard InChI is InChI=1S/C25H39ClN2O4Si.C19H25ClN2O4/c1-10-19(17-31-33(8,9)25(5,6)7)32-20-13-11-18(12-14-20)16-30-21-15-27-28(24(2,3)4)23(29)22(21)26;1-5-14(11-23)26-15-8-6-13(7-9-15)12-25-16-10-21-22(19(2,3)4)18(24)17(16)20/h11-15,19H,10,16-17H2,1-9H3;6-10,14,23H,5,11-12H2,1-4H3. The molecule has 2 atom stereocenters. The number of aromatic nitrogens is 4. The Balaban J connectivity index is 0.000000324. The van der Waals surface area contributed by atoms with Crippen molar-refractivity contribution >= 4 is 31.5 Å². The molecule has 2 heterocycles. The summed E-state index contributed by atoms with van der Waals surface area (Å²) in [7, 11) is -1.81. The molecule has 2 aromatic carbocycles. The third-order valence-electron chi connectivity index (χ3n) is 9.84. The van der Waals surface area contributed by atoms with Crippen molar-refractivity contribution in [3.63, 3.8) is 0 Å². The number of benzene rings is 2. The van der Waals surface area contributed by atoms with Crippen molar-refractivity contribution in [3.05, 3.63) is 103 Å². The molecule has 59 heavy (non-hydrogen) atoms. The summed E-state index contributed by atoms with van der Waals surface area (Å²) in [6.45, 7) is 27.7. The van der Waals surface area contributed by atoms with Crippen molar-refractivity contribution in [2.24, 2.45) is 0 Å². The molecule has 0 spiro atoms. The Hall–Kier alpha value is -3.88. The number of hydrogen-bond acceptors (Lipinski definition) is 10. The first-order valence-electron chi connectivity index (χ1n) is 20.0. The summed E-state index contributed by atoms with van der Waals surface area (Å²) in [5, 5.41) is 17.7. The molecule has 0 aliphatic heterocycles. The third-order valence-corrected chi connectivity index (χ3v) is 15.0. The molecule has 0 bridgehead atoms. The second-order valence-electron chi connectivity index (χ2n) is 17.8. The number of hydrogen-bond donors (Lipinski definition) is 1. The lowest BCUT2D eigenvalue weighted by atomic mass is 10.1. The molecule has 12 nitrogen and oxygen atoms in total. The second kappa shape index (κ2) is 21.1. The molecule has 0 aliphatic rings. The number of rotatable bonds is 16. The van der Waals surface area contributed by atoms with E-state index in [1.165, 1.54) is 21.8 Å². The van der Waals surface area contributed by atoms with Crippen LogP contribution < -0.4 is 30.1 Å². The van der Waals surface area contributed by atoms with E-state index in [2.05, 4.69) is 51.0 Å². The number of aliphatic hydroxyl groups excluding tert-OH is 1. The third kappa shape index (κ3) is 14.4. The zero-order valence-corrected chi connectivity index (χ0v) is 39.5. The van der Waals surface area contributed by atoms with Crippen LogP contribution in [0.2, 0.25) is 28.2 Å². The van der Waals surface area contributed by atoms with Crippen LogP contribution in [0.15, 0.2) is 70.5 Å². The van der Waals surface area contributed by atoms with E-state index in [0.29, 0.717) is 12.4 Å². The molecular weight excluding hydrogens is 811 g/mol. The predicted molar refractivity (Wildman–Crippen MR) is 238 cm³/mol. The maximum Gasteiger partial charge on any atom is 0.289 e. The molecule has 0 aliphatic carbocycles. The highest BCUT2D eigenvalue weighted by Gasteiger charge is 2.37. The molecule has 2 unspecified atom stereocenters. The van der Waals surface area contributed by atoms with Gasteiger partial charge >= 0.3 is 0 Å². The monoisotopic (exact) mass is 874 g/mol. The Labute approximate surface area is 360 Å². The van der Waals surface area contributed by atoms with Gasteiger partial charge in [0.2, 0.25) is 0 Å². The van der Waals surface area contributed by atoms with Crippen LogP contribution in [0.1, 0.15) is 100 Å². The summed E-state index contributed by atoms with van der Waals surface area (Å²) in [6.07, 6.45) is 4.33. The van der Waals surface area contributed by atoms with Gasteiger partial charge in [0.25, 0.3) is 11.1 Å². The summed E-state index contributed by atoms with van der Waals surface area (Å²) in [5.74, 6) is 2.00. The van der Waals surface area contributed by atoms with Gasteiger partial charge in [-0.25, -0.2) is 9.36 Å². The molecule has 2 aromatic heterocycles. The average Bonchev–Trinajstić information content (AvgIpc) is 3.16. The second-order valence-corrected chi connectivity index (χ2v) is 23.4. The average molecular weight is 876 g/mol. The van der Waals surface area contributed by atoms with E-state index in [1.807, 2.05) is 97.0 Å². The first-order chi connectivity index (χ1) is 27.4. The van der Waals surface area contributed by atoms with E-state index in [0.717, 1.165) is 29.7 Å². The number of ether oxygens (including phenoxy) is 4. The molecule has 15 heteroatoms. The Morgan fingerprint density at radius 3 is 1.36 bits per heavy atom. The van der Waals surface area contributed by atoms with Gasteiger partial charge in [-0.05, 0) is 108 Å². The van der Waals surface area contributed by atoms with E-state index in [9.17, 15) is 14.7 Å². The summed E-state index contributed by atoms with van der Waals surface area (Å²) >= 11 is 12.4. The highest BCUT2D eigenvalue weighted by molar-refractivity contribution is 6.74. The molecule has 0 saturated heterocycles. The lowest BCUT2D eigenvalue weighted by Crippen LogP contribution is -2.43. The van der Waals surface area contributed by atoms with E-state index >= 15 is 0 Å². The first-order valence-corrected chi connectivity index (χ1v) is 23.7. The topological polar surface area (TPSA) is 136 Å².